The maximum Gasteiger partial charge on any atom is 0.231 e. The van der Waals surface area contributed by atoms with Gasteiger partial charge in [-0.1, -0.05) is 19.1 Å². The van der Waals surface area contributed by atoms with Gasteiger partial charge in [-0.05, 0) is 31.0 Å². The van der Waals surface area contributed by atoms with Crippen LogP contribution in [0.2, 0.25) is 0 Å². The predicted octanol–water partition coefficient (Wildman–Crippen LogP) is 1.35. The number of hydrogen-bond acceptors (Lipinski definition) is 3. The summed E-state index contributed by atoms with van der Waals surface area (Å²) in [6.07, 6.45) is 0.982. The van der Waals surface area contributed by atoms with Gasteiger partial charge in [-0.3, -0.25) is 9.69 Å². The molecule has 0 saturated heterocycles. The highest BCUT2D eigenvalue weighted by Gasteiger charge is 2.14. The van der Waals surface area contributed by atoms with E-state index in [1.54, 1.807) is 0 Å². The smallest absolute Gasteiger partial charge is 0.231 e. The SMILES string of the molecule is CCC(C)N(CC(N)=O)Cc1cccc(N)c1. The van der Waals surface area contributed by atoms with E-state index in [1.807, 2.05) is 24.3 Å². The molecule has 1 atom stereocenters. The molecule has 0 heterocycles. The molecular weight excluding hydrogens is 214 g/mol. The molecule has 0 saturated carbocycles. The lowest BCUT2D eigenvalue weighted by molar-refractivity contribution is -0.119. The van der Waals surface area contributed by atoms with Crippen molar-refractivity contribution in [3.05, 3.63) is 29.8 Å². The number of nitrogens with two attached hydrogens (primary N) is 2. The topological polar surface area (TPSA) is 72.3 Å². The largest absolute Gasteiger partial charge is 0.399 e. The molecule has 0 bridgehead atoms. The minimum absolute atomic E-state index is 0.282. The zero-order chi connectivity index (χ0) is 12.8. The summed E-state index contributed by atoms with van der Waals surface area (Å²) in [6, 6.07) is 8.03. The van der Waals surface area contributed by atoms with Crippen LogP contribution in [0.25, 0.3) is 0 Å². The molecule has 0 radical (unpaired) electrons. The van der Waals surface area contributed by atoms with Crippen molar-refractivity contribution in [1.29, 1.82) is 0 Å². The fourth-order valence-electron chi connectivity index (χ4n) is 1.75. The first-order valence-electron chi connectivity index (χ1n) is 5.89. The van der Waals surface area contributed by atoms with E-state index in [1.165, 1.54) is 0 Å². The monoisotopic (exact) mass is 235 g/mol. The molecule has 1 aromatic rings. The first kappa shape index (κ1) is 13.5. The van der Waals surface area contributed by atoms with Gasteiger partial charge in [0.15, 0.2) is 0 Å². The molecule has 0 fully saturated rings. The predicted molar refractivity (Wildman–Crippen MR) is 70.2 cm³/mol. The average Bonchev–Trinajstić information content (AvgIpc) is 2.26. The normalized spacial score (nSPS) is 12.6. The summed E-state index contributed by atoms with van der Waals surface area (Å²) in [4.78, 5) is 13.1. The summed E-state index contributed by atoms with van der Waals surface area (Å²) >= 11 is 0. The van der Waals surface area contributed by atoms with E-state index in [4.69, 9.17) is 11.5 Å². The van der Waals surface area contributed by atoms with Gasteiger partial charge in [-0.15, -0.1) is 0 Å². The van der Waals surface area contributed by atoms with Gasteiger partial charge in [0.05, 0.1) is 6.54 Å². The van der Waals surface area contributed by atoms with E-state index in [9.17, 15) is 4.79 Å². The summed E-state index contributed by atoms with van der Waals surface area (Å²) in [7, 11) is 0. The van der Waals surface area contributed by atoms with Crippen LogP contribution in [0.3, 0.4) is 0 Å². The minimum atomic E-state index is -0.297. The van der Waals surface area contributed by atoms with Crippen molar-refractivity contribution in [1.82, 2.24) is 4.90 Å². The molecule has 1 aromatic carbocycles. The molecule has 4 N–H and O–H groups in total. The number of benzene rings is 1. The van der Waals surface area contributed by atoms with Gasteiger partial charge in [0, 0.05) is 18.3 Å². The lowest BCUT2D eigenvalue weighted by atomic mass is 10.1. The van der Waals surface area contributed by atoms with E-state index in [0.29, 0.717) is 12.6 Å². The van der Waals surface area contributed by atoms with Crippen LogP contribution in [0.4, 0.5) is 5.69 Å². The fourth-order valence-corrected chi connectivity index (χ4v) is 1.75. The Kier molecular flexibility index (Phi) is 4.97. The average molecular weight is 235 g/mol. The summed E-state index contributed by atoms with van der Waals surface area (Å²) < 4.78 is 0. The third-order valence-electron chi connectivity index (χ3n) is 2.91. The van der Waals surface area contributed by atoms with Crippen LogP contribution in [0.1, 0.15) is 25.8 Å². The fraction of sp³-hybridized carbons (Fsp3) is 0.462. The van der Waals surface area contributed by atoms with E-state index >= 15 is 0 Å². The van der Waals surface area contributed by atoms with Crippen molar-refractivity contribution < 1.29 is 4.79 Å². The molecule has 0 aliphatic carbocycles. The molecule has 94 valence electrons. The lowest BCUT2D eigenvalue weighted by Crippen LogP contribution is -2.39. The second kappa shape index (κ2) is 6.25. The van der Waals surface area contributed by atoms with Gasteiger partial charge in [-0.25, -0.2) is 0 Å². The Balaban J connectivity index is 2.74. The molecule has 17 heavy (non-hydrogen) atoms. The third kappa shape index (κ3) is 4.44. The Morgan fingerprint density at radius 3 is 2.71 bits per heavy atom. The highest BCUT2D eigenvalue weighted by Crippen LogP contribution is 2.12. The van der Waals surface area contributed by atoms with Crippen LogP contribution in [0, 0.1) is 0 Å². The van der Waals surface area contributed by atoms with Crippen molar-refractivity contribution in [2.24, 2.45) is 5.73 Å². The summed E-state index contributed by atoms with van der Waals surface area (Å²) in [5, 5.41) is 0. The van der Waals surface area contributed by atoms with Crippen LogP contribution in [0.5, 0.6) is 0 Å². The lowest BCUT2D eigenvalue weighted by Gasteiger charge is -2.27. The number of rotatable bonds is 6. The van der Waals surface area contributed by atoms with Crippen molar-refractivity contribution in [3.8, 4) is 0 Å². The number of nitrogen functional groups attached to an aromatic ring is 1. The van der Waals surface area contributed by atoms with Crippen molar-refractivity contribution in [3.63, 3.8) is 0 Å². The Labute approximate surface area is 103 Å². The number of nitrogens with zero attached hydrogens (tertiary/aromatic N) is 1. The number of primary amides is 1. The molecular formula is C13H21N3O. The summed E-state index contributed by atoms with van der Waals surface area (Å²) in [5.74, 6) is -0.297. The van der Waals surface area contributed by atoms with E-state index in [0.717, 1.165) is 17.7 Å². The summed E-state index contributed by atoms with van der Waals surface area (Å²) in [5.41, 5.74) is 12.8. The highest BCUT2D eigenvalue weighted by molar-refractivity contribution is 5.75. The van der Waals surface area contributed by atoms with Crippen LogP contribution < -0.4 is 11.5 Å². The van der Waals surface area contributed by atoms with E-state index in [-0.39, 0.29) is 12.5 Å². The molecule has 0 aliphatic heterocycles. The molecule has 1 amide bonds. The number of carbonyl (C=O) groups is 1. The van der Waals surface area contributed by atoms with Crippen molar-refractivity contribution in [2.75, 3.05) is 12.3 Å². The van der Waals surface area contributed by atoms with Gasteiger partial charge >= 0.3 is 0 Å². The number of amides is 1. The molecule has 4 nitrogen and oxygen atoms in total. The molecule has 4 heteroatoms. The van der Waals surface area contributed by atoms with Gasteiger partial charge < -0.3 is 11.5 Å². The quantitative estimate of drug-likeness (QED) is 0.731. The Bertz CT molecular complexity index is 379. The van der Waals surface area contributed by atoms with E-state index < -0.39 is 0 Å². The maximum absolute atomic E-state index is 11.0. The maximum atomic E-state index is 11.0. The van der Waals surface area contributed by atoms with Gasteiger partial charge in [0.25, 0.3) is 0 Å². The van der Waals surface area contributed by atoms with Crippen LogP contribution in [0.15, 0.2) is 24.3 Å². The van der Waals surface area contributed by atoms with Gasteiger partial charge in [-0.2, -0.15) is 0 Å². The summed E-state index contributed by atoms with van der Waals surface area (Å²) in [6.45, 7) is 5.17. The standard InChI is InChI=1S/C13H21N3O/c1-3-10(2)16(9-13(15)17)8-11-5-4-6-12(14)7-11/h4-7,10H,3,8-9,14H2,1-2H3,(H2,15,17). The Morgan fingerprint density at radius 2 is 2.18 bits per heavy atom. The zero-order valence-corrected chi connectivity index (χ0v) is 10.5. The molecule has 0 aromatic heterocycles. The van der Waals surface area contributed by atoms with Crippen LogP contribution >= 0.6 is 0 Å². The minimum Gasteiger partial charge on any atom is -0.399 e. The molecule has 1 rings (SSSR count). The number of anilines is 1. The zero-order valence-electron chi connectivity index (χ0n) is 10.5. The van der Waals surface area contributed by atoms with Gasteiger partial charge in [0.2, 0.25) is 5.91 Å². The van der Waals surface area contributed by atoms with Crippen molar-refractivity contribution >= 4 is 11.6 Å². The molecule has 0 aliphatic rings. The Morgan fingerprint density at radius 1 is 1.47 bits per heavy atom. The molecule has 1 unspecified atom stereocenters. The second-order valence-corrected chi connectivity index (χ2v) is 4.37. The Hall–Kier alpha value is -1.55. The number of carbonyl (C=O) groups excluding carboxylic acids is 1. The van der Waals surface area contributed by atoms with E-state index in [2.05, 4.69) is 18.7 Å². The van der Waals surface area contributed by atoms with Crippen molar-refractivity contribution in [2.45, 2.75) is 32.9 Å². The third-order valence-corrected chi connectivity index (χ3v) is 2.91. The first-order chi connectivity index (χ1) is 8.02. The van der Waals surface area contributed by atoms with Crippen LogP contribution in [-0.2, 0) is 11.3 Å². The van der Waals surface area contributed by atoms with Crippen LogP contribution in [-0.4, -0.2) is 23.4 Å². The molecule has 0 spiro atoms. The number of hydrogen-bond donors (Lipinski definition) is 2. The second-order valence-electron chi connectivity index (χ2n) is 4.37. The van der Waals surface area contributed by atoms with Gasteiger partial charge in [0.1, 0.15) is 0 Å². The highest BCUT2D eigenvalue weighted by atomic mass is 16.1. The first-order valence-corrected chi connectivity index (χ1v) is 5.89.